The predicted octanol–water partition coefficient (Wildman–Crippen LogP) is 3.75. The van der Waals surface area contributed by atoms with E-state index in [-0.39, 0.29) is 5.91 Å². The minimum absolute atomic E-state index is 0.217. The number of anilines is 1. The molecular formula is C21H29N5OS. The third-order valence-corrected chi connectivity index (χ3v) is 6.47. The van der Waals surface area contributed by atoms with E-state index in [1.807, 2.05) is 23.1 Å². The van der Waals surface area contributed by atoms with Gasteiger partial charge in [-0.2, -0.15) is 0 Å². The maximum atomic E-state index is 12.7. The van der Waals surface area contributed by atoms with E-state index in [2.05, 4.69) is 31.8 Å². The molecule has 2 fully saturated rings. The molecule has 1 amide bonds. The summed E-state index contributed by atoms with van der Waals surface area (Å²) in [5.41, 5.74) is 1.05. The van der Waals surface area contributed by atoms with Gasteiger partial charge in [0.1, 0.15) is 0 Å². The van der Waals surface area contributed by atoms with Crippen LogP contribution >= 0.6 is 11.8 Å². The number of hydrogen-bond acceptors (Lipinski definition) is 5. The zero-order chi connectivity index (χ0) is 19.2. The Labute approximate surface area is 171 Å². The third kappa shape index (κ3) is 4.51. The number of carbonyl (C=O) groups excluding carboxylic acids is 1. The van der Waals surface area contributed by atoms with E-state index in [1.165, 1.54) is 43.9 Å². The van der Waals surface area contributed by atoms with Gasteiger partial charge in [0.05, 0.1) is 11.4 Å². The fourth-order valence-corrected chi connectivity index (χ4v) is 4.84. The van der Waals surface area contributed by atoms with Crippen molar-refractivity contribution in [1.82, 2.24) is 19.7 Å². The zero-order valence-corrected chi connectivity index (χ0v) is 17.2. The van der Waals surface area contributed by atoms with Crippen LogP contribution in [0.15, 0.2) is 35.5 Å². The second kappa shape index (κ2) is 9.45. The molecule has 0 aliphatic carbocycles. The van der Waals surface area contributed by atoms with E-state index >= 15 is 0 Å². The number of benzene rings is 1. The van der Waals surface area contributed by atoms with Crippen molar-refractivity contribution in [2.75, 3.05) is 36.8 Å². The fraction of sp³-hybridized carbons (Fsp3) is 0.571. The summed E-state index contributed by atoms with van der Waals surface area (Å²) in [4.78, 5) is 17.1. The van der Waals surface area contributed by atoms with Crippen molar-refractivity contribution in [3.63, 3.8) is 0 Å². The summed E-state index contributed by atoms with van der Waals surface area (Å²) in [5, 5.41) is 9.78. The molecule has 150 valence electrons. The second-order valence-electron chi connectivity index (χ2n) is 7.58. The molecule has 7 heteroatoms. The van der Waals surface area contributed by atoms with Crippen LogP contribution in [-0.2, 0) is 4.79 Å². The van der Waals surface area contributed by atoms with Crippen LogP contribution in [0.5, 0.6) is 0 Å². The summed E-state index contributed by atoms with van der Waals surface area (Å²) in [6.07, 6.45) is 8.37. The van der Waals surface area contributed by atoms with Crippen molar-refractivity contribution in [3.05, 3.63) is 30.3 Å². The number of piperidine rings is 1. The Balaban J connectivity index is 1.53. The molecular weight excluding hydrogens is 370 g/mol. The summed E-state index contributed by atoms with van der Waals surface area (Å²) >= 11 is 1.51. The van der Waals surface area contributed by atoms with Gasteiger partial charge in [-0.05, 0) is 44.2 Å². The monoisotopic (exact) mass is 399 g/mol. The number of likely N-dealkylation sites (tertiary alicyclic amines) is 1. The van der Waals surface area contributed by atoms with Crippen molar-refractivity contribution in [2.24, 2.45) is 0 Å². The average Bonchev–Trinajstić information content (AvgIpc) is 2.98. The molecule has 1 aromatic carbocycles. The predicted molar refractivity (Wildman–Crippen MR) is 113 cm³/mol. The summed E-state index contributed by atoms with van der Waals surface area (Å²) in [6.45, 7) is 3.82. The van der Waals surface area contributed by atoms with Crippen molar-refractivity contribution < 1.29 is 4.79 Å². The molecule has 0 N–H and O–H groups in total. The molecule has 1 aromatic heterocycles. The highest BCUT2D eigenvalue weighted by atomic mass is 32.2. The topological polar surface area (TPSA) is 54.3 Å². The molecule has 2 aliphatic heterocycles. The van der Waals surface area contributed by atoms with Crippen molar-refractivity contribution in [3.8, 4) is 5.69 Å². The van der Waals surface area contributed by atoms with Crippen LogP contribution in [0.3, 0.4) is 0 Å². The Morgan fingerprint density at radius 2 is 1.50 bits per heavy atom. The second-order valence-corrected chi connectivity index (χ2v) is 8.53. The molecule has 0 atom stereocenters. The van der Waals surface area contributed by atoms with Gasteiger partial charge < -0.3 is 9.80 Å². The zero-order valence-electron chi connectivity index (χ0n) is 16.4. The molecule has 6 nitrogen and oxygen atoms in total. The van der Waals surface area contributed by atoms with Gasteiger partial charge in [-0.25, -0.2) is 0 Å². The maximum absolute atomic E-state index is 12.7. The summed E-state index contributed by atoms with van der Waals surface area (Å²) < 4.78 is 2.12. The summed E-state index contributed by atoms with van der Waals surface area (Å²) in [5.74, 6) is 1.54. The summed E-state index contributed by atoms with van der Waals surface area (Å²) in [7, 11) is 0. The standard InChI is InChI=1S/C21H29N5OS/c27-19(24-13-7-1-2-8-14-24)17-28-21-23-22-20(25-15-9-4-10-16-25)26(21)18-11-5-3-6-12-18/h3,5-6,11-12H,1-2,4,7-10,13-17H2. The third-order valence-electron chi connectivity index (χ3n) is 5.55. The average molecular weight is 400 g/mol. The van der Waals surface area contributed by atoms with E-state index < -0.39 is 0 Å². The lowest BCUT2D eigenvalue weighted by Crippen LogP contribution is -2.33. The molecule has 3 heterocycles. The Hall–Kier alpha value is -2.02. The lowest BCUT2D eigenvalue weighted by atomic mass is 10.1. The van der Waals surface area contributed by atoms with Gasteiger partial charge in [-0.15, -0.1) is 10.2 Å². The van der Waals surface area contributed by atoms with Crippen molar-refractivity contribution >= 4 is 23.6 Å². The Morgan fingerprint density at radius 3 is 2.21 bits per heavy atom. The van der Waals surface area contributed by atoms with Crippen LogP contribution in [0.4, 0.5) is 5.95 Å². The number of thioether (sulfide) groups is 1. The number of hydrogen-bond donors (Lipinski definition) is 0. The Bertz CT molecular complexity index is 764. The van der Waals surface area contributed by atoms with Crippen molar-refractivity contribution in [1.29, 1.82) is 0 Å². The lowest BCUT2D eigenvalue weighted by Gasteiger charge is -2.27. The normalized spacial score (nSPS) is 18.1. The maximum Gasteiger partial charge on any atom is 0.233 e. The molecule has 0 bridgehead atoms. The minimum Gasteiger partial charge on any atom is -0.342 e. The minimum atomic E-state index is 0.217. The molecule has 2 saturated heterocycles. The first-order valence-corrected chi connectivity index (χ1v) is 11.5. The highest BCUT2D eigenvalue weighted by molar-refractivity contribution is 7.99. The molecule has 0 radical (unpaired) electrons. The number of para-hydroxylation sites is 1. The van der Waals surface area contributed by atoms with Gasteiger partial charge in [0.15, 0.2) is 5.16 Å². The van der Waals surface area contributed by atoms with Crippen LogP contribution < -0.4 is 4.90 Å². The Kier molecular flexibility index (Phi) is 6.52. The first kappa shape index (κ1) is 19.3. The van der Waals surface area contributed by atoms with Crippen LogP contribution in [0.2, 0.25) is 0 Å². The van der Waals surface area contributed by atoms with Gasteiger partial charge in [0, 0.05) is 26.2 Å². The first-order valence-electron chi connectivity index (χ1n) is 10.5. The SMILES string of the molecule is O=C(CSc1nnc(N2CCCCC2)n1-c1ccccc1)N1CCCCCC1. The van der Waals surface area contributed by atoms with E-state index in [0.29, 0.717) is 5.75 Å². The molecule has 28 heavy (non-hydrogen) atoms. The van der Waals surface area contributed by atoms with E-state index in [4.69, 9.17) is 0 Å². The number of aromatic nitrogens is 3. The molecule has 4 rings (SSSR count). The largest absolute Gasteiger partial charge is 0.342 e. The van der Waals surface area contributed by atoms with E-state index in [0.717, 1.165) is 55.8 Å². The lowest BCUT2D eigenvalue weighted by molar-refractivity contribution is -0.128. The quantitative estimate of drug-likeness (QED) is 0.717. The number of carbonyl (C=O) groups is 1. The van der Waals surface area contributed by atoms with Crippen molar-refractivity contribution in [2.45, 2.75) is 50.1 Å². The van der Waals surface area contributed by atoms with Crippen LogP contribution in [0.1, 0.15) is 44.9 Å². The molecule has 0 spiro atoms. The van der Waals surface area contributed by atoms with Gasteiger partial charge in [0.2, 0.25) is 11.9 Å². The first-order chi connectivity index (χ1) is 13.8. The van der Waals surface area contributed by atoms with Gasteiger partial charge in [-0.3, -0.25) is 9.36 Å². The highest BCUT2D eigenvalue weighted by Crippen LogP contribution is 2.28. The summed E-state index contributed by atoms with van der Waals surface area (Å²) in [6, 6.07) is 10.2. The molecule has 0 unspecified atom stereocenters. The smallest absolute Gasteiger partial charge is 0.233 e. The van der Waals surface area contributed by atoms with Gasteiger partial charge in [-0.1, -0.05) is 42.8 Å². The van der Waals surface area contributed by atoms with Crippen LogP contribution in [-0.4, -0.2) is 57.5 Å². The number of nitrogens with zero attached hydrogens (tertiary/aromatic N) is 5. The molecule has 2 aromatic rings. The van der Waals surface area contributed by atoms with E-state index in [9.17, 15) is 4.79 Å². The van der Waals surface area contributed by atoms with Crippen LogP contribution in [0.25, 0.3) is 5.69 Å². The Morgan fingerprint density at radius 1 is 0.857 bits per heavy atom. The van der Waals surface area contributed by atoms with Crippen LogP contribution in [0, 0.1) is 0 Å². The highest BCUT2D eigenvalue weighted by Gasteiger charge is 2.23. The number of amides is 1. The van der Waals surface area contributed by atoms with Gasteiger partial charge >= 0.3 is 0 Å². The fourth-order valence-electron chi connectivity index (χ4n) is 4.00. The van der Waals surface area contributed by atoms with Gasteiger partial charge in [0.25, 0.3) is 0 Å². The number of rotatable bonds is 5. The van der Waals surface area contributed by atoms with E-state index in [1.54, 1.807) is 0 Å². The molecule has 2 aliphatic rings. The molecule has 0 saturated carbocycles.